The van der Waals surface area contributed by atoms with Gasteiger partial charge in [-0.1, -0.05) is 29.8 Å². The lowest BCUT2D eigenvalue weighted by Gasteiger charge is -2.09. The van der Waals surface area contributed by atoms with Crippen LogP contribution in [0.2, 0.25) is 5.02 Å². The summed E-state index contributed by atoms with van der Waals surface area (Å²) < 4.78 is 0. The molecule has 1 aliphatic carbocycles. The molecule has 3 rings (SSSR count). The van der Waals surface area contributed by atoms with Crippen molar-refractivity contribution in [1.29, 1.82) is 0 Å². The highest BCUT2D eigenvalue weighted by molar-refractivity contribution is 6.31. The Kier molecular flexibility index (Phi) is 3.88. The third-order valence-corrected chi connectivity index (χ3v) is 3.82. The molecule has 1 heterocycles. The second kappa shape index (κ2) is 5.80. The van der Waals surface area contributed by atoms with Crippen LogP contribution < -0.4 is 5.32 Å². The number of halogens is 1. The van der Waals surface area contributed by atoms with Gasteiger partial charge in [-0.15, -0.1) is 0 Å². The van der Waals surface area contributed by atoms with Crippen LogP contribution in [0.5, 0.6) is 0 Å². The summed E-state index contributed by atoms with van der Waals surface area (Å²) in [7, 11) is 0. The Labute approximate surface area is 124 Å². The number of benzene rings is 1. The van der Waals surface area contributed by atoms with Crippen molar-refractivity contribution in [2.75, 3.05) is 11.9 Å². The minimum absolute atomic E-state index is 0.625. The van der Waals surface area contributed by atoms with Crippen LogP contribution in [0.4, 0.5) is 5.82 Å². The summed E-state index contributed by atoms with van der Waals surface area (Å²) in [6, 6.07) is 9.96. The van der Waals surface area contributed by atoms with Gasteiger partial charge in [-0.3, -0.25) is 0 Å². The van der Waals surface area contributed by atoms with Crippen LogP contribution in [0.1, 0.15) is 42.8 Å². The summed E-state index contributed by atoms with van der Waals surface area (Å²) >= 11 is 6.22. The van der Waals surface area contributed by atoms with E-state index in [1.807, 2.05) is 24.3 Å². The standard InChI is InChI=1S/C16H18ClN3/c1-2-18-15-10-14(11-7-8-11)19-16(20-15)9-12-5-3-4-6-13(12)17/h3-6,10-11H,2,7-9H2,1H3,(H,18,19,20). The molecule has 4 heteroatoms. The molecule has 0 radical (unpaired) electrons. The SMILES string of the molecule is CCNc1cc(C2CC2)nc(Cc2ccccc2Cl)n1. The molecule has 0 bridgehead atoms. The number of aromatic nitrogens is 2. The van der Waals surface area contributed by atoms with E-state index in [0.717, 1.165) is 34.5 Å². The number of nitrogens with one attached hydrogen (secondary N) is 1. The van der Waals surface area contributed by atoms with Crippen molar-refractivity contribution < 1.29 is 0 Å². The van der Waals surface area contributed by atoms with Crippen LogP contribution >= 0.6 is 11.6 Å². The molecule has 1 aromatic heterocycles. The molecular weight excluding hydrogens is 270 g/mol. The molecule has 1 aliphatic rings. The van der Waals surface area contributed by atoms with E-state index in [4.69, 9.17) is 16.6 Å². The summed E-state index contributed by atoms with van der Waals surface area (Å²) in [5.41, 5.74) is 2.24. The normalized spacial score (nSPS) is 14.3. The van der Waals surface area contributed by atoms with Gasteiger partial charge in [0.25, 0.3) is 0 Å². The molecule has 2 aromatic rings. The Morgan fingerprint density at radius 3 is 2.75 bits per heavy atom. The van der Waals surface area contributed by atoms with Crippen LogP contribution in [-0.2, 0) is 6.42 Å². The maximum absolute atomic E-state index is 6.22. The Hall–Kier alpha value is -1.61. The second-order valence-corrected chi connectivity index (χ2v) is 5.57. The van der Waals surface area contributed by atoms with E-state index >= 15 is 0 Å². The summed E-state index contributed by atoms with van der Waals surface area (Å²) in [6.07, 6.45) is 3.17. The lowest BCUT2D eigenvalue weighted by molar-refractivity contribution is 0.898. The van der Waals surface area contributed by atoms with E-state index in [2.05, 4.69) is 23.3 Å². The fourth-order valence-corrected chi connectivity index (χ4v) is 2.47. The number of nitrogens with zero attached hydrogens (tertiary/aromatic N) is 2. The first-order chi connectivity index (χ1) is 9.76. The Morgan fingerprint density at radius 2 is 2.05 bits per heavy atom. The molecule has 0 spiro atoms. The van der Waals surface area contributed by atoms with Crippen LogP contribution in [-0.4, -0.2) is 16.5 Å². The summed E-state index contributed by atoms with van der Waals surface area (Å²) in [5.74, 6) is 2.39. The second-order valence-electron chi connectivity index (χ2n) is 5.17. The van der Waals surface area contributed by atoms with E-state index in [9.17, 15) is 0 Å². The molecule has 1 aromatic carbocycles. The van der Waals surface area contributed by atoms with Crippen LogP contribution in [0.15, 0.2) is 30.3 Å². The quantitative estimate of drug-likeness (QED) is 0.902. The van der Waals surface area contributed by atoms with Crippen molar-refractivity contribution in [3.8, 4) is 0 Å². The fraction of sp³-hybridized carbons (Fsp3) is 0.375. The summed E-state index contributed by atoms with van der Waals surface area (Å²) in [5, 5.41) is 4.06. The molecule has 0 aliphatic heterocycles. The highest BCUT2D eigenvalue weighted by atomic mass is 35.5. The molecule has 20 heavy (non-hydrogen) atoms. The number of anilines is 1. The third kappa shape index (κ3) is 3.10. The van der Waals surface area contributed by atoms with E-state index < -0.39 is 0 Å². The summed E-state index contributed by atoms with van der Waals surface area (Å²) in [6.45, 7) is 2.94. The molecule has 104 valence electrons. The van der Waals surface area contributed by atoms with E-state index in [-0.39, 0.29) is 0 Å². The average Bonchev–Trinajstić information content (AvgIpc) is 3.26. The Bertz CT molecular complexity index is 608. The monoisotopic (exact) mass is 287 g/mol. The first-order valence-corrected chi connectivity index (χ1v) is 7.49. The van der Waals surface area contributed by atoms with Crippen LogP contribution in [0.25, 0.3) is 0 Å². The Morgan fingerprint density at radius 1 is 1.25 bits per heavy atom. The molecule has 1 saturated carbocycles. The van der Waals surface area contributed by atoms with Gasteiger partial charge in [0.2, 0.25) is 0 Å². The van der Waals surface area contributed by atoms with E-state index in [1.54, 1.807) is 0 Å². The largest absolute Gasteiger partial charge is 0.370 e. The van der Waals surface area contributed by atoms with Gasteiger partial charge >= 0.3 is 0 Å². The van der Waals surface area contributed by atoms with E-state index in [1.165, 1.54) is 12.8 Å². The van der Waals surface area contributed by atoms with Crippen molar-refractivity contribution in [1.82, 2.24) is 9.97 Å². The smallest absolute Gasteiger partial charge is 0.135 e. The molecule has 1 fully saturated rings. The van der Waals surface area contributed by atoms with Crippen molar-refractivity contribution in [3.63, 3.8) is 0 Å². The first kappa shape index (κ1) is 13.4. The number of rotatable bonds is 5. The van der Waals surface area contributed by atoms with Crippen molar-refractivity contribution in [3.05, 3.63) is 52.4 Å². The zero-order chi connectivity index (χ0) is 13.9. The predicted molar refractivity (Wildman–Crippen MR) is 82.4 cm³/mol. The van der Waals surface area contributed by atoms with Crippen molar-refractivity contribution in [2.45, 2.75) is 32.1 Å². The zero-order valence-electron chi connectivity index (χ0n) is 11.6. The van der Waals surface area contributed by atoms with E-state index in [0.29, 0.717) is 12.3 Å². The van der Waals surface area contributed by atoms with Crippen LogP contribution in [0, 0.1) is 0 Å². The molecule has 0 unspecified atom stereocenters. The van der Waals surface area contributed by atoms with Gasteiger partial charge in [0.15, 0.2) is 0 Å². The summed E-state index contributed by atoms with van der Waals surface area (Å²) in [4.78, 5) is 9.29. The van der Waals surface area contributed by atoms with Gasteiger partial charge < -0.3 is 5.32 Å². The maximum atomic E-state index is 6.22. The molecule has 1 N–H and O–H groups in total. The molecule has 0 atom stereocenters. The maximum Gasteiger partial charge on any atom is 0.135 e. The number of hydrogen-bond acceptors (Lipinski definition) is 3. The topological polar surface area (TPSA) is 37.8 Å². The first-order valence-electron chi connectivity index (χ1n) is 7.11. The molecule has 3 nitrogen and oxygen atoms in total. The van der Waals surface area contributed by atoms with Crippen LogP contribution in [0.3, 0.4) is 0 Å². The van der Waals surface area contributed by atoms with Gasteiger partial charge in [-0.05, 0) is 31.4 Å². The minimum Gasteiger partial charge on any atom is -0.370 e. The van der Waals surface area contributed by atoms with Crippen molar-refractivity contribution >= 4 is 17.4 Å². The average molecular weight is 288 g/mol. The highest BCUT2D eigenvalue weighted by Gasteiger charge is 2.26. The minimum atomic E-state index is 0.625. The van der Waals surface area contributed by atoms with Gasteiger partial charge in [0.1, 0.15) is 11.6 Å². The van der Waals surface area contributed by atoms with Gasteiger partial charge in [-0.25, -0.2) is 9.97 Å². The number of hydrogen-bond donors (Lipinski definition) is 1. The lowest BCUT2D eigenvalue weighted by atomic mass is 10.1. The van der Waals surface area contributed by atoms with Gasteiger partial charge in [0.05, 0.1) is 0 Å². The molecule has 0 amide bonds. The van der Waals surface area contributed by atoms with Gasteiger partial charge in [-0.2, -0.15) is 0 Å². The predicted octanol–water partition coefficient (Wildman–Crippen LogP) is 4.03. The lowest BCUT2D eigenvalue weighted by Crippen LogP contribution is -2.06. The highest BCUT2D eigenvalue weighted by Crippen LogP contribution is 2.39. The fourth-order valence-electron chi connectivity index (χ4n) is 2.27. The van der Waals surface area contributed by atoms with Crippen molar-refractivity contribution in [2.24, 2.45) is 0 Å². The Balaban J connectivity index is 1.89. The third-order valence-electron chi connectivity index (χ3n) is 3.45. The zero-order valence-corrected chi connectivity index (χ0v) is 12.3. The molecule has 0 saturated heterocycles. The molecular formula is C16H18ClN3. The van der Waals surface area contributed by atoms with Gasteiger partial charge in [0, 0.05) is 35.7 Å².